The molecule has 0 atom stereocenters. The molecule has 1 aliphatic rings. The van der Waals surface area contributed by atoms with Crippen molar-refractivity contribution in [2.75, 3.05) is 7.11 Å². The minimum Gasteiger partial charge on any atom is -0.469 e. The van der Waals surface area contributed by atoms with E-state index in [1.807, 2.05) is 0 Å². The molecule has 3 nitrogen and oxygen atoms in total. The van der Waals surface area contributed by atoms with Gasteiger partial charge in [-0.05, 0) is 12.8 Å². The van der Waals surface area contributed by atoms with Crippen molar-refractivity contribution in [3.63, 3.8) is 0 Å². The lowest BCUT2D eigenvalue weighted by Gasteiger charge is -2.00. The quantitative estimate of drug-likeness (QED) is 0.533. The molecule has 1 rings (SSSR count). The van der Waals surface area contributed by atoms with Gasteiger partial charge in [-0.1, -0.05) is 0 Å². The monoisotopic (exact) mass is 139 g/mol. The summed E-state index contributed by atoms with van der Waals surface area (Å²) in [7, 11) is 1.34. The lowest BCUT2D eigenvalue weighted by molar-refractivity contribution is -0.141. The Morgan fingerprint density at radius 2 is 2.40 bits per heavy atom. The molecule has 0 aromatic heterocycles. The van der Waals surface area contributed by atoms with Gasteiger partial charge in [0, 0.05) is 0 Å². The number of nitrogens with zero attached hydrogens (tertiary/aromatic N) is 1. The highest BCUT2D eigenvalue weighted by molar-refractivity contribution is 5.71. The summed E-state index contributed by atoms with van der Waals surface area (Å²) in [5, 5.41) is 8.54. The first-order valence-corrected chi connectivity index (χ1v) is 3.20. The maximum Gasteiger partial charge on any atom is 0.307 e. The van der Waals surface area contributed by atoms with Crippen molar-refractivity contribution in [1.29, 1.82) is 5.26 Å². The van der Waals surface area contributed by atoms with E-state index in [0.717, 1.165) is 12.8 Å². The van der Waals surface area contributed by atoms with Gasteiger partial charge in [0.25, 0.3) is 0 Å². The van der Waals surface area contributed by atoms with Gasteiger partial charge in [0.1, 0.15) is 0 Å². The van der Waals surface area contributed by atoms with Crippen molar-refractivity contribution in [3.8, 4) is 6.07 Å². The Kier molecular flexibility index (Phi) is 1.62. The lowest BCUT2D eigenvalue weighted by atomic mass is 10.1. The Morgan fingerprint density at radius 1 is 1.80 bits per heavy atom. The van der Waals surface area contributed by atoms with Crippen LogP contribution in [0.2, 0.25) is 0 Å². The number of carbonyl (C=O) groups is 1. The molecule has 0 aromatic rings. The molecule has 0 aromatic carbocycles. The number of nitriles is 1. The minimum absolute atomic E-state index is 0.264. The fourth-order valence-corrected chi connectivity index (χ4v) is 0.827. The van der Waals surface area contributed by atoms with Crippen LogP contribution in [-0.4, -0.2) is 13.1 Å². The molecule has 1 fully saturated rings. The normalized spacial score (nSPS) is 19.2. The second kappa shape index (κ2) is 2.30. The molecule has 0 N–H and O–H groups in total. The molecule has 0 bridgehead atoms. The van der Waals surface area contributed by atoms with Crippen LogP contribution in [0.3, 0.4) is 0 Å². The van der Waals surface area contributed by atoms with Crippen molar-refractivity contribution in [2.45, 2.75) is 19.3 Å². The fraction of sp³-hybridized carbons (Fsp3) is 0.714. The summed E-state index contributed by atoms with van der Waals surface area (Å²) in [6.07, 6.45) is 1.96. The first-order valence-electron chi connectivity index (χ1n) is 3.20. The van der Waals surface area contributed by atoms with Gasteiger partial charge in [0.05, 0.1) is 25.0 Å². The predicted molar refractivity (Wildman–Crippen MR) is 33.9 cm³/mol. The summed E-state index contributed by atoms with van der Waals surface area (Å²) in [5.74, 6) is -0.279. The van der Waals surface area contributed by atoms with Crippen LogP contribution in [0.1, 0.15) is 19.3 Å². The molecule has 10 heavy (non-hydrogen) atoms. The second-order valence-corrected chi connectivity index (χ2v) is 2.65. The van der Waals surface area contributed by atoms with Gasteiger partial charge in [0.15, 0.2) is 0 Å². The van der Waals surface area contributed by atoms with Crippen LogP contribution in [0.15, 0.2) is 0 Å². The molecule has 1 aliphatic carbocycles. The first kappa shape index (κ1) is 7.07. The van der Waals surface area contributed by atoms with Crippen LogP contribution >= 0.6 is 0 Å². The zero-order chi connectivity index (χ0) is 7.61. The van der Waals surface area contributed by atoms with E-state index < -0.39 is 0 Å². The van der Waals surface area contributed by atoms with E-state index >= 15 is 0 Å². The van der Waals surface area contributed by atoms with E-state index in [1.165, 1.54) is 7.11 Å². The van der Waals surface area contributed by atoms with Crippen LogP contribution in [0.5, 0.6) is 0 Å². The fourth-order valence-electron chi connectivity index (χ4n) is 0.827. The molecule has 3 heteroatoms. The summed E-state index contributed by atoms with van der Waals surface area (Å²) >= 11 is 0. The average molecular weight is 139 g/mol. The Hall–Kier alpha value is -1.04. The van der Waals surface area contributed by atoms with Crippen LogP contribution in [0, 0.1) is 16.7 Å². The van der Waals surface area contributed by atoms with E-state index in [9.17, 15) is 4.79 Å². The molecule has 0 amide bonds. The predicted octanol–water partition coefficient (Wildman–Crippen LogP) is 0.853. The van der Waals surface area contributed by atoms with Crippen molar-refractivity contribution in [3.05, 3.63) is 0 Å². The third-order valence-electron chi connectivity index (χ3n) is 1.80. The second-order valence-electron chi connectivity index (χ2n) is 2.65. The standard InChI is InChI=1S/C7H9NO2/c1-10-6(9)4-7(5-8)2-3-7/h2-4H2,1H3. The molecule has 0 aliphatic heterocycles. The Bertz CT molecular complexity index is 188. The van der Waals surface area contributed by atoms with Crippen LogP contribution in [-0.2, 0) is 9.53 Å². The van der Waals surface area contributed by atoms with E-state index in [4.69, 9.17) is 5.26 Å². The van der Waals surface area contributed by atoms with Crippen molar-refractivity contribution in [2.24, 2.45) is 5.41 Å². The maximum atomic E-state index is 10.7. The Balaban J connectivity index is 2.40. The molecule has 54 valence electrons. The van der Waals surface area contributed by atoms with E-state index in [1.54, 1.807) is 0 Å². The summed E-state index contributed by atoms with van der Waals surface area (Å²) in [6, 6.07) is 2.12. The van der Waals surface area contributed by atoms with E-state index in [-0.39, 0.29) is 17.8 Å². The maximum absolute atomic E-state index is 10.7. The van der Waals surface area contributed by atoms with Crippen molar-refractivity contribution < 1.29 is 9.53 Å². The molecule has 0 heterocycles. The summed E-state index contributed by atoms with van der Waals surface area (Å²) < 4.78 is 4.44. The topological polar surface area (TPSA) is 50.1 Å². The number of methoxy groups -OCH3 is 1. The van der Waals surface area contributed by atoms with Gasteiger partial charge in [0.2, 0.25) is 0 Å². The number of carbonyl (C=O) groups excluding carboxylic acids is 1. The number of ether oxygens (including phenoxy) is 1. The highest BCUT2D eigenvalue weighted by Crippen LogP contribution is 2.48. The zero-order valence-electron chi connectivity index (χ0n) is 5.89. The van der Waals surface area contributed by atoms with Crippen molar-refractivity contribution >= 4 is 5.97 Å². The van der Waals surface area contributed by atoms with E-state index in [0.29, 0.717) is 0 Å². The van der Waals surface area contributed by atoms with Gasteiger partial charge in [-0.25, -0.2) is 0 Å². The van der Waals surface area contributed by atoms with Gasteiger partial charge in [-0.3, -0.25) is 4.79 Å². The largest absolute Gasteiger partial charge is 0.469 e. The molecule has 0 spiro atoms. The lowest BCUT2D eigenvalue weighted by Crippen LogP contribution is -2.08. The molecule has 0 radical (unpaired) electrons. The number of hydrogen-bond donors (Lipinski definition) is 0. The zero-order valence-corrected chi connectivity index (χ0v) is 5.89. The first-order chi connectivity index (χ1) is 4.72. The average Bonchev–Trinajstić information content (AvgIpc) is 2.70. The third kappa shape index (κ3) is 1.27. The summed E-state index contributed by atoms with van der Waals surface area (Å²) in [5.41, 5.74) is -0.354. The van der Waals surface area contributed by atoms with Crippen LogP contribution in [0.25, 0.3) is 0 Å². The van der Waals surface area contributed by atoms with Gasteiger partial charge in [-0.2, -0.15) is 5.26 Å². The van der Waals surface area contributed by atoms with E-state index in [2.05, 4.69) is 10.8 Å². The summed E-state index contributed by atoms with van der Waals surface area (Å²) in [6.45, 7) is 0. The number of esters is 1. The van der Waals surface area contributed by atoms with Crippen LogP contribution < -0.4 is 0 Å². The van der Waals surface area contributed by atoms with Gasteiger partial charge in [-0.15, -0.1) is 0 Å². The minimum atomic E-state index is -0.354. The smallest absolute Gasteiger partial charge is 0.307 e. The molecular weight excluding hydrogens is 130 g/mol. The van der Waals surface area contributed by atoms with Gasteiger partial charge >= 0.3 is 5.97 Å². The molecule has 0 saturated heterocycles. The number of hydrogen-bond acceptors (Lipinski definition) is 3. The highest BCUT2D eigenvalue weighted by atomic mass is 16.5. The Labute approximate surface area is 59.6 Å². The Morgan fingerprint density at radius 3 is 2.70 bits per heavy atom. The van der Waals surface area contributed by atoms with Crippen molar-refractivity contribution in [1.82, 2.24) is 0 Å². The van der Waals surface area contributed by atoms with Gasteiger partial charge < -0.3 is 4.74 Å². The highest BCUT2D eigenvalue weighted by Gasteiger charge is 2.45. The number of rotatable bonds is 2. The summed E-state index contributed by atoms with van der Waals surface area (Å²) in [4.78, 5) is 10.7. The molecule has 0 unspecified atom stereocenters. The molecular formula is C7H9NO2. The van der Waals surface area contributed by atoms with Crippen LogP contribution in [0.4, 0.5) is 0 Å². The molecule has 1 saturated carbocycles. The third-order valence-corrected chi connectivity index (χ3v) is 1.80. The SMILES string of the molecule is COC(=O)CC1(C#N)CC1.